The quantitative estimate of drug-likeness (QED) is 0.723. The van der Waals surface area contributed by atoms with Crippen molar-refractivity contribution in [2.24, 2.45) is 0 Å². The molecule has 0 radical (unpaired) electrons. The molecule has 0 aliphatic rings. The van der Waals surface area contributed by atoms with Gasteiger partial charge < -0.3 is 9.40 Å². The molecule has 0 unspecified atom stereocenters. The molecule has 0 spiro atoms. The number of rotatable bonds is 4. The Hall–Kier alpha value is -2.14. The Balaban J connectivity index is 2.09. The van der Waals surface area contributed by atoms with Crippen LogP contribution in [0.25, 0.3) is 22.0 Å². The second-order valence-electron chi connectivity index (χ2n) is 4.94. The van der Waals surface area contributed by atoms with E-state index in [-0.39, 0.29) is 5.78 Å². The highest BCUT2D eigenvalue weighted by atomic mass is 32.1. The van der Waals surface area contributed by atoms with E-state index in [0.717, 1.165) is 45.2 Å². The zero-order chi connectivity index (χ0) is 15.0. The van der Waals surface area contributed by atoms with Crippen LogP contribution >= 0.6 is 11.3 Å². The third-order valence-corrected chi connectivity index (χ3v) is 4.42. The molecular formula is C16H16N2O2S. The molecule has 3 aromatic heterocycles. The van der Waals surface area contributed by atoms with Gasteiger partial charge in [0.2, 0.25) is 0 Å². The average Bonchev–Trinajstić information content (AvgIpc) is 3.16. The summed E-state index contributed by atoms with van der Waals surface area (Å²) in [4.78, 5) is 19.8. The lowest BCUT2D eigenvalue weighted by atomic mass is 10.0. The predicted molar refractivity (Wildman–Crippen MR) is 83.7 cm³/mol. The lowest BCUT2D eigenvalue weighted by Gasteiger charge is -2.00. The van der Waals surface area contributed by atoms with Crippen LogP contribution in [0, 0.1) is 6.92 Å². The van der Waals surface area contributed by atoms with Gasteiger partial charge in [-0.05, 0) is 31.9 Å². The number of furan rings is 1. The zero-order valence-electron chi connectivity index (χ0n) is 12.2. The van der Waals surface area contributed by atoms with Crippen LogP contribution in [0.4, 0.5) is 0 Å². The Kier molecular flexibility index (Phi) is 3.51. The lowest BCUT2D eigenvalue weighted by molar-refractivity contribution is 0.101. The fraction of sp³-hybridized carbons (Fsp3) is 0.250. The van der Waals surface area contributed by atoms with E-state index in [4.69, 9.17) is 4.42 Å². The van der Waals surface area contributed by atoms with Crippen molar-refractivity contribution in [1.82, 2.24) is 9.97 Å². The maximum absolute atomic E-state index is 11.8. The van der Waals surface area contributed by atoms with E-state index in [1.54, 1.807) is 30.8 Å². The molecule has 108 valence electrons. The number of hydrogen-bond donors (Lipinski definition) is 1. The number of hydrogen-bond acceptors (Lipinski definition) is 4. The Bertz CT molecular complexity index is 781. The van der Waals surface area contributed by atoms with Gasteiger partial charge in [0.25, 0.3) is 0 Å². The molecule has 4 nitrogen and oxygen atoms in total. The van der Waals surface area contributed by atoms with Gasteiger partial charge in [-0.15, -0.1) is 11.3 Å². The monoisotopic (exact) mass is 300 g/mol. The molecule has 0 saturated heterocycles. The van der Waals surface area contributed by atoms with E-state index in [0.29, 0.717) is 0 Å². The standard InChI is InChI=1S/C16H16N2O2S/c1-4-12-14(10(3)19)9(2)17-15(12)13-8-21-16(18-13)11-5-6-20-7-11/h5-8,17H,4H2,1-3H3. The maximum Gasteiger partial charge on any atom is 0.161 e. The van der Waals surface area contributed by atoms with Crippen molar-refractivity contribution in [3.63, 3.8) is 0 Å². The second kappa shape index (κ2) is 5.33. The predicted octanol–water partition coefficient (Wildman–Crippen LogP) is 4.47. The maximum atomic E-state index is 11.8. The van der Waals surface area contributed by atoms with E-state index in [1.165, 1.54) is 0 Å². The normalized spacial score (nSPS) is 11.0. The Morgan fingerprint density at radius 3 is 2.90 bits per heavy atom. The molecule has 0 aliphatic heterocycles. The number of nitrogens with one attached hydrogen (secondary N) is 1. The van der Waals surface area contributed by atoms with Crippen LogP contribution in [0.2, 0.25) is 0 Å². The average molecular weight is 300 g/mol. The van der Waals surface area contributed by atoms with Gasteiger partial charge in [0.1, 0.15) is 11.3 Å². The van der Waals surface area contributed by atoms with Crippen molar-refractivity contribution in [3.8, 4) is 22.0 Å². The van der Waals surface area contributed by atoms with Crippen LogP contribution in [0.15, 0.2) is 28.4 Å². The first-order chi connectivity index (χ1) is 10.1. The zero-order valence-corrected chi connectivity index (χ0v) is 13.0. The van der Waals surface area contributed by atoms with Crippen molar-refractivity contribution < 1.29 is 9.21 Å². The fourth-order valence-electron chi connectivity index (χ4n) is 2.63. The first-order valence-corrected chi connectivity index (χ1v) is 7.70. The first-order valence-electron chi connectivity index (χ1n) is 6.82. The van der Waals surface area contributed by atoms with E-state index >= 15 is 0 Å². The molecule has 3 heterocycles. The smallest absolute Gasteiger partial charge is 0.161 e. The molecular weight excluding hydrogens is 284 g/mol. The van der Waals surface area contributed by atoms with Gasteiger partial charge in [-0.2, -0.15) is 0 Å². The van der Waals surface area contributed by atoms with Crippen LogP contribution in [0.1, 0.15) is 35.5 Å². The number of aromatic nitrogens is 2. The number of carbonyl (C=O) groups is 1. The summed E-state index contributed by atoms with van der Waals surface area (Å²) in [7, 11) is 0. The number of Topliss-reactive ketones (excluding diaryl/α,β-unsaturated/α-hetero) is 1. The van der Waals surface area contributed by atoms with Crippen molar-refractivity contribution in [3.05, 3.63) is 40.8 Å². The van der Waals surface area contributed by atoms with Gasteiger partial charge in [0, 0.05) is 22.2 Å². The highest BCUT2D eigenvalue weighted by molar-refractivity contribution is 7.13. The third-order valence-electron chi connectivity index (χ3n) is 3.53. The van der Waals surface area contributed by atoms with E-state index in [2.05, 4.69) is 16.9 Å². The second-order valence-corrected chi connectivity index (χ2v) is 5.80. The number of ketones is 1. The Labute approximate surface area is 126 Å². The van der Waals surface area contributed by atoms with Gasteiger partial charge >= 0.3 is 0 Å². The summed E-state index contributed by atoms with van der Waals surface area (Å²) in [5.74, 6) is 0.0946. The van der Waals surface area contributed by atoms with Crippen molar-refractivity contribution in [2.45, 2.75) is 27.2 Å². The summed E-state index contributed by atoms with van der Waals surface area (Å²) in [5.41, 5.74) is 5.55. The summed E-state index contributed by atoms with van der Waals surface area (Å²) in [6.45, 7) is 5.60. The van der Waals surface area contributed by atoms with Crippen LogP contribution in [0.5, 0.6) is 0 Å². The summed E-state index contributed by atoms with van der Waals surface area (Å²) < 4.78 is 5.10. The van der Waals surface area contributed by atoms with Crippen molar-refractivity contribution >= 4 is 17.1 Å². The molecule has 5 heteroatoms. The number of nitrogens with zero attached hydrogens (tertiary/aromatic N) is 1. The molecule has 1 N–H and O–H groups in total. The summed E-state index contributed by atoms with van der Waals surface area (Å²) >= 11 is 1.57. The van der Waals surface area contributed by atoms with Gasteiger partial charge in [0.15, 0.2) is 5.78 Å². The van der Waals surface area contributed by atoms with E-state index < -0.39 is 0 Å². The van der Waals surface area contributed by atoms with Crippen LogP contribution in [-0.2, 0) is 6.42 Å². The largest absolute Gasteiger partial charge is 0.472 e. The van der Waals surface area contributed by atoms with Gasteiger partial charge in [-0.25, -0.2) is 4.98 Å². The molecule has 21 heavy (non-hydrogen) atoms. The molecule has 0 aliphatic carbocycles. The molecule has 3 rings (SSSR count). The van der Waals surface area contributed by atoms with Crippen molar-refractivity contribution in [1.29, 1.82) is 0 Å². The number of aryl methyl sites for hydroxylation is 1. The summed E-state index contributed by atoms with van der Waals surface area (Å²) in [6, 6.07) is 1.89. The van der Waals surface area contributed by atoms with Crippen LogP contribution in [-0.4, -0.2) is 15.8 Å². The number of H-pyrrole nitrogens is 1. The Morgan fingerprint density at radius 2 is 2.29 bits per heavy atom. The molecule has 0 bridgehead atoms. The van der Waals surface area contributed by atoms with E-state index in [9.17, 15) is 4.79 Å². The summed E-state index contributed by atoms with van der Waals surface area (Å²) in [5, 5.41) is 2.92. The molecule has 0 saturated carbocycles. The highest BCUT2D eigenvalue weighted by Gasteiger charge is 2.20. The van der Waals surface area contributed by atoms with Gasteiger partial charge in [-0.3, -0.25) is 4.79 Å². The molecule has 0 aromatic carbocycles. The number of aromatic amines is 1. The minimum absolute atomic E-state index is 0.0946. The molecule has 3 aromatic rings. The minimum atomic E-state index is 0.0946. The van der Waals surface area contributed by atoms with Crippen molar-refractivity contribution in [2.75, 3.05) is 0 Å². The van der Waals surface area contributed by atoms with Crippen LogP contribution < -0.4 is 0 Å². The van der Waals surface area contributed by atoms with Crippen LogP contribution in [0.3, 0.4) is 0 Å². The highest BCUT2D eigenvalue weighted by Crippen LogP contribution is 2.33. The fourth-order valence-corrected chi connectivity index (χ4v) is 3.43. The number of carbonyl (C=O) groups excluding carboxylic acids is 1. The molecule has 0 amide bonds. The van der Waals surface area contributed by atoms with E-state index in [1.807, 2.05) is 18.4 Å². The molecule has 0 atom stereocenters. The first kappa shape index (κ1) is 13.8. The SMILES string of the molecule is CCc1c(-c2csc(-c3ccoc3)n2)[nH]c(C)c1C(C)=O. The van der Waals surface area contributed by atoms with Gasteiger partial charge in [0.05, 0.1) is 17.7 Å². The minimum Gasteiger partial charge on any atom is -0.472 e. The number of thiazole rings is 1. The lowest BCUT2D eigenvalue weighted by Crippen LogP contribution is -1.97. The summed E-state index contributed by atoms with van der Waals surface area (Å²) in [6.07, 6.45) is 4.12. The Morgan fingerprint density at radius 1 is 1.48 bits per heavy atom. The topological polar surface area (TPSA) is 58.9 Å². The third kappa shape index (κ3) is 2.34. The molecule has 0 fully saturated rings. The van der Waals surface area contributed by atoms with Gasteiger partial charge in [-0.1, -0.05) is 6.92 Å².